The number of benzene rings is 2. The number of ether oxygens (including phenoxy) is 3. The maximum atomic E-state index is 12.5. The van der Waals surface area contributed by atoms with E-state index in [0.29, 0.717) is 38.1 Å². The fraction of sp³-hybridized carbons (Fsp3) is 0.269. The molecule has 0 aliphatic carbocycles. The monoisotopic (exact) mass is 593 g/mol. The molecule has 2 aromatic carbocycles. The van der Waals surface area contributed by atoms with Crippen LogP contribution < -0.4 is 9.47 Å². The summed E-state index contributed by atoms with van der Waals surface area (Å²) in [4.78, 5) is 28.7. The lowest BCUT2D eigenvalue weighted by atomic mass is 10.1. The molecule has 10 heteroatoms. The van der Waals surface area contributed by atoms with Crippen LogP contribution in [0.15, 0.2) is 62.1 Å². The van der Waals surface area contributed by atoms with Crippen LogP contribution in [0.5, 0.6) is 11.5 Å². The molecular weight excluding hydrogens is 570 g/mol. The number of amides is 1. The minimum absolute atomic E-state index is 0.104. The van der Waals surface area contributed by atoms with E-state index in [4.69, 9.17) is 25.8 Å². The van der Waals surface area contributed by atoms with Crippen LogP contribution in [0.4, 0.5) is 0 Å². The Kier molecular flexibility index (Phi) is 10.0. The predicted molar refractivity (Wildman–Crippen MR) is 146 cm³/mol. The first-order chi connectivity index (χ1) is 17.3. The lowest BCUT2D eigenvalue weighted by Gasteiger charge is -2.15. The number of aliphatic imine (C=N–C) groups is 1. The summed E-state index contributed by atoms with van der Waals surface area (Å²) in [6.07, 6.45) is 1.84. The zero-order chi connectivity index (χ0) is 26.2. The number of nitrogens with zero attached hydrogens (tertiary/aromatic N) is 1. The van der Waals surface area contributed by atoms with Gasteiger partial charge in [-0.05, 0) is 59.6 Å². The second-order valence-electron chi connectivity index (χ2n) is 7.36. The summed E-state index contributed by atoms with van der Waals surface area (Å²) < 4.78 is 17.5. The molecule has 7 nitrogen and oxygen atoms in total. The minimum Gasteiger partial charge on any atom is -0.506 e. The van der Waals surface area contributed by atoms with E-state index in [1.54, 1.807) is 38.1 Å². The molecule has 0 saturated carbocycles. The summed E-state index contributed by atoms with van der Waals surface area (Å²) in [6, 6.07) is 11.0. The molecule has 0 fully saturated rings. The number of hydrogen-bond donors (Lipinski definition) is 1. The van der Waals surface area contributed by atoms with Gasteiger partial charge in [-0.2, -0.15) is 0 Å². The highest BCUT2D eigenvalue weighted by Gasteiger charge is 2.33. The van der Waals surface area contributed by atoms with E-state index in [0.717, 1.165) is 17.3 Å². The Morgan fingerprint density at radius 2 is 1.89 bits per heavy atom. The molecule has 0 saturated heterocycles. The SMILES string of the molecule is CCOC(=O)C1=C(O)/C(=C/c2cc(Br)c(OCc3ccccc3Cl)c(OCC)c2)SC1=NC(=O)CC. The van der Waals surface area contributed by atoms with Crippen molar-refractivity contribution in [3.8, 4) is 11.5 Å². The zero-order valence-corrected chi connectivity index (χ0v) is 23.1. The van der Waals surface area contributed by atoms with Crippen molar-refractivity contribution in [2.75, 3.05) is 13.2 Å². The Morgan fingerprint density at radius 3 is 2.56 bits per heavy atom. The third-order valence-corrected chi connectivity index (χ3v) is 6.84. The van der Waals surface area contributed by atoms with E-state index in [1.165, 1.54) is 0 Å². The Labute approximate surface area is 227 Å². The maximum Gasteiger partial charge on any atom is 0.344 e. The van der Waals surface area contributed by atoms with E-state index in [2.05, 4.69) is 20.9 Å². The molecule has 0 atom stereocenters. The summed E-state index contributed by atoms with van der Waals surface area (Å²) in [5.74, 6) is -0.462. The summed E-state index contributed by atoms with van der Waals surface area (Å²) in [5.41, 5.74) is 1.37. The van der Waals surface area contributed by atoms with Crippen molar-refractivity contribution in [3.05, 3.63) is 73.3 Å². The van der Waals surface area contributed by atoms with Crippen LogP contribution in [0.1, 0.15) is 38.3 Å². The zero-order valence-electron chi connectivity index (χ0n) is 20.0. The van der Waals surface area contributed by atoms with Crippen molar-refractivity contribution in [2.24, 2.45) is 4.99 Å². The number of halogens is 2. The van der Waals surface area contributed by atoms with Gasteiger partial charge in [0.25, 0.3) is 0 Å². The molecule has 0 aromatic heterocycles. The molecule has 36 heavy (non-hydrogen) atoms. The van der Waals surface area contributed by atoms with Crippen molar-refractivity contribution in [2.45, 2.75) is 33.8 Å². The third kappa shape index (κ3) is 6.72. The molecular formula is C26H25BrClNO6S. The second kappa shape index (κ2) is 13.0. The van der Waals surface area contributed by atoms with Crippen LogP contribution in [0.25, 0.3) is 6.08 Å². The van der Waals surface area contributed by atoms with Crippen LogP contribution in [0.2, 0.25) is 5.02 Å². The van der Waals surface area contributed by atoms with Gasteiger partial charge in [-0.25, -0.2) is 9.79 Å². The number of thioether (sulfide) groups is 1. The average Bonchev–Trinajstić information content (AvgIpc) is 3.14. The van der Waals surface area contributed by atoms with E-state index in [1.807, 2.05) is 25.1 Å². The lowest BCUT2D eigenvalue weighted by molar-refractivity contribution is -0.138. The Bertz CT molecular complexity index is 1260. The first-order valence-corrected chi connectivity index (χ1v) is 13.2. The molecule has 1 aliphatic heterocycles. The minimum atomic E-state index is -0.743. The molecule has 1 heterocycles. The van der Waals surface area contributed by atoms with Gasteiger partial charge in [0.1, 0.15) is 23.0 Å². The lowest BCUT2D eigenvalue weighted by Crippen LogP contribution is -2.14. The standard InChI is InChI=1S/C26H25BrClNO6S/c1-4-21(30)29-25-22(26(32)34-6-3)23(31)20(36-25)13-15-11-17(27)24(19(12-15)33-5-2)35-14-16-9-7-8-10-18(16)28/h7-13,31H,4-6,14H2,1-3H3/b20-13-,29-25?. The summed E-state index contributed by atoms with van der Waals surface area (Å²) >= 11 is 10.8. The summed E-state index contributed by atoms with van der Waals surface area (Å²) in [7, 11) is 0. The normalized spacial score (nSPS) is 15.5. The number of aliphatic hydroxyl groups is 1. The van der Waals surface area contributed by atoms with Crippen molar-refractivity contribution < 1.29 is 28.9 Å². The van der Waals surface area contributed by atoms with Crippen molar-refractivity contribution in [1.82, 2.24) is 0 Å². The topological polar surface area (TPSA) is 94.4 Å². The van der Waals surface area contributed by atoms with Gasteiger partial charge >= 0.3 is 5.97 Å². The molecule has 0 bridgehead atoms. The number of aliphatic hydroxyl groups excluding tert-OH is 1. The van der Waals surface area contributed by atoms with Gasteiger partial charge in [0, 0.05) is 17.0 Å². The highest BCUT2D eigenvalue weighted by Crippen LogP contribution is 2.42. The van der Waals surface area contributed by atoms with Gasteiger partial charge in [0.05, 0.1) is 22.6 Å². The molecule has 3 rings (SSSR count). The number of esters is 1. The van der Waals surface area contributed by atoms with Gasteiger partial charge in [0.15, 0.2) is 11.5 Å². The molecule has 1 aliphatic rings. The van der Waals surface area contributed by atoms with Crippen LogP contribution in [-0.2, 0) is 20.9 Å². The van der Waals surface area contributed by atoms with E-state index < -0.39 is 11.9 Å². The highest BCUT2D eigenvalue weighted by molar-refractivity contribution is 9.10. The second-order valence-corrected chi connectivity index (χ2v) is 9.65. The number of hydrogen-bond acceptors (Lipinski definition) is 7. The van der Waals surface area contributed by atoms with Crippen LogP contribution in [0, 0.1) is 0 Å². The van der Waals surface area contributed by atoms with Gasteiger partial charge in [0.2, 0.25) is 5.91 Å². The van der Waals surface area contributed by atoms with Crippen LogP contribution in [-0.4, -0.2) is 35.2 Å². The van der Waals surface area contributed by atoms with Gasteiger partial charge in [-0.1, -0.05) is 48.5 Å². The van der Waals surface area contributed by atoms with Gasteiger partial charge < -0.3 is 19.3 Å². The number of rotatable bonds is 9. The third-order valence-electron chi connectivity index (χ3n) is 4.86. The van der Waals surface area contributed by atoms with E-state index >= 15 is 0 Å². The van der Waals surface area contributed by atoms with Crippen LogP contribution >= 0.6 is 39.3 Å². The quantitative estimate of drug-likeness (QED) is 0.316. The molecule has 0 unspecified atom stereocenters. The molecule has 0 radical (unpaired) electrons. The first kappa shape index (κ1) is 27.8. The molecule has 190 valence electrons. The first-order valence-electron chi connectivity index (χ1n) is 11.2. The largest absolute Gasteiger partial charge is 0.506 e. The smallest absolute Gasteiger partial charge is 0.344 e. The van der Waals surface area contributed by atoms with Crippen molar-refractivity contribution in [3.63, 3.8) is 0 Å². The Hall–Kier alpha value is -2.75. The number of carbonyl (C=O) groups is 2. The highest BCUT2D eigenvalue weighted by atomic mass is 79.9. The Morgan fingerprint density at radius 1 is 1.14 bits per heavy atom. The van der Waals surface area contributed by atoms with Crippen molar-refractivity contribution in [1.29, 1.82) is 0 Å². The summed E-state index contributed by atoms with van der Waals surface area (Å²) in [5, 5.41) is 11.5. The van der Waals surface area contributed by atoms with Gasteiger partial charge in [-0.15, -0.1) is 0 Å². The number of carbonyl (C=O) groups excluding carboxylic acids is 2. The molecule has 1 N–H and O–H groups in total. The van der Waals surface area contributed by atoms with E-state index in [-0.39, 0.29) is 36.0 Å². The fourth-order valence-electron chi connectivity index (χ4n) is 3.18. The van der Waals surface area contributed by atoms with Crippen LogP contribution in [0.3, 0.4) is 0 Å². The maximum absolute atomic E-state index is 12.5. The summed E-state index contributed by atoms with van der Waals surface area (Å²) in [6.45, 7) is 5.94. The van der Waals surface area contributed by atoms with Crippen molar-refractivity contribution >= 4 is 62.3 Å². The molecule has 1 amide bonds. The fourth-order valence-corrected chi connectivity index (χ4v) is 4.97. The van der Waals surface area contributed by atoms with E-state index in [9.17, 15) is 14.7 Å². The molecule has 0 spiro atoms. The van der Waals surface area contributed by atoms with Gasteiger partial charge in [-0.3, -0.25) is 4.79 Å². The molecule has 2 aromatic rings. The Balaban J connectivity index is 1.97. The average molecular weight is 595 g/mol. The predicted octanol–water partition coefficient (Wildman–Crippen LogP) is 6.88.